The van der Waals surface area contributed by atoms with Crippen molar-refractivity contribution in [3.63, 3.8) is 0 Å². The molecule has 0 saturated carbocycles. The van der Waals surface area contributed by atoms with E-state index in [9.17, 15) is 8.42 Å². The van der Waals surface area contributed by atoms with E-state index in [-0.39, 0.29) is 11.4 Å². The lowest BCUT2D eigenvalue weighted by molar-refractivity contribution is 0.580. The van der Waals surface area contributed by atoms with E-state index in [1.165, 1.54) is 11.3 Å². The van der Waals surface area contributed by atoms with Crippen LogP contribution in [0.25, 0.3) is 0 Å². The maximum Gasteiger partial charge on any atom is 0.240 e. The molecule has 0 bridgehead atoms. The van der Waals surface area contributed by atoms with Gasteiger partial charge in [-0.05, 0) is 30.2 Å². The molecule has 1 aromatic carbocycles. The minimum atomic E-state index is -3.53. The number of aromatic nitrogens is 1. The number of hydrogen-bond donors (Lipinski definition) is 2. The summed E-state index contributed by atoms with van der Waals surface area (Å²) in [5.41, 5.74) is 9.78. The number of nitrogens with one attached hydrogen (secondary N) is 1. The minimum absolute atomic E-state index is 0.192. The molecular formula is C12H15N3O2S2. The largest absolute Gasteiger partial charge is 0.326 e. The van der Waals surface area contributed by atoms with Crippen LogP contribution in [0.4, 0.5) is 0 Å². The third-order valence-corrected chi connectivity index (χ3v) is 4.81. The maximum atomic E-state index is 12.1. The predicted molar refractivity (Wildman–Crippen MR) is 75.2 cm³/mol. The highest BCUT2D eigenvalue weighted by atomic mass is 32.2. The lowest BCUT2D eigenvalue weighted by Crippen LogP contribution is -2.23. The van der Waals surface area contributed by atoms with Crippen molar-refractivity contribution in [1.29, 1.82) is 0 Å². The summed E-state index contributed by atoms with van der Waals surface area (Å²) >= 11 is 1.43. The van der Waals surface area contributed by atoms with Crippen LogP contribution >= 0.6 is 11.3 Å². The minimum Gasteiger partial charge on any atom is -0.326 e. The number of hydrogen-bond acceptors (Lipinski definition) is 5. The van der Waals surface area contributed by atoms with Crippen molar-refractivity contribution in [2.75, 3.05) is 0 Å². The summed E-state index contributed by atoms with van der Waals surface area (Å²) < 4.78 is 26.8. The molecule has 0 aliphatic heterocycles. The van der Waals surface area contributed by atoms with Crippen LogP contribution in [-0.2, 0) is 23.1 Å². The molecule has 5 nitrogen and oxygen atoms in total. The number of thiazole rings is 1. The number of nitrogens with two attached hydrogens (primary N) is 1. The smallest absolute Gasteiger partial charge is 0.240 e. The van der Waals surface area contributed by atoms with Crippen LogP contribution in [0.15, 0.2) is 34.0 Å². The maximum absolute atomic E-state index is 12.1. The van der Waals surface area contributed by atoms with E-state index in [0.29, 0.717) is 12.2 Å². The summed E-state index contributed by atoms with van der Waals surface area (Å²) in [6.45, 7) is 2.42. The molecule has 2 rings (SSSR count). The Morgan fingerprint density at radius 2 is 2.21 bits per heavy atom. The quantitative estimate of drug-likeness (QED) is 0.873. The first kappa shape index (κ1) is 14.1. The second-order valence-corrected chi connectivity index (χ2v) is 6.58. The normalized spacial score (nSPS) is 11.7. The molecule has 7 heteroatoms. The zero-order valence-corrected chi connectivity index (χ0v) is 12.1. The fourth-order valence-electron chi connectivity index (χ4n) is 1.61. The van der Waals surface area contributed by atoms with Crippen molar-refractivity contribution in [2.24, 2.45) is 5.73 Å². The third kappa shape index (κ3) is 3.38. The highest BCUT2D eigenvalue weighted by Crippen LogP contribution is 2.15. The van der Waals surface area contributed by atoms with Crippen molar-refractivity contribution >= 4 is 21.4 Å². The van der Waals surface area contributed by atoms with Crippen molar-refractivity contribution in [1.82, 2.24) is 9.71 Å². The van der Waals surface area contributed by atoms with E-state index < -0.39 is 10.0 Å². The number of benzene rings is 1. The Hall–Kier alpha value is -1.28. The lowest BCUT2D eigenvalue weighted by atomic mass is 10.1. The number of sulfonamides is 1. The van der Waals surface area contributed by atoms with Crippen molar-refractivity contribution in [3.8, 4) is 0 Å². The van der Waals surface area contributed by atoms with Gasteiger partial charge in [0.05, 0.1) is 22.6 Å². The summed E-state index contributed by atoms with van der Waals surface area (Å²) in [6.07, 6.45) is 0. The van der Waals surface area contributed by atoms with Crippen molar-refractivity contribution < 1.29 is 8.42 Å². The summed E-state index contributed by atoms with van der Waals surface area (Å²) in [5, 5.41) is 1.81. The molecule has 0 spiro atoms. The van der Waals surface area contributed by atoms with E-state index in [0.717, 1.165) is 11.1 Å². The number of aryl methyl sites for hydroxylation is 1. The van der Waals surface area contributed by atoms with Crippen LogP contribution in [0.5, 0.6) is 0 Å². The summed E-state index contributed by atoms with van der Waals surface area (Å²) in [7, 11) is -3.53. The highest BCUT2D eigenvalue weighted by Gasteiger charge is 2.15. The Balaban J connectivity index is 2.19. The molecule has 0 radical (unpaired) electrons. The zero-order valence-electron chi connectivity index (χ0n) is 10.5. The SMILES string of the molecule is Cc1ccc(S(=O)(=O)NCc2cscn2)cc1CN. The van der Waals surface area contributed by atoms with Gasteiger partial charge in [-0.25, -0.2) is 18.1 Å². The molecular weight excluding hydrogens is 282 g/mol. The second kappa shape index (κ2) is 5.79. The van der Waals surface area contributed by atoms with Crippen LogP contribution in [-0.4, -0.2) is 13.4 Å². The fraction of sp³-hybridized carbons (Fsp3) is 0.250. The molecule has 0 fully saturated rings. The first-order valence-electron chi connectivity index (χ1n) is 5.69. The van der Waals surface area contributed by atoms with Gasteiger partial charge in [-0.15, -0.1) is 11.3 Å². The molecule has 2 aromatic rings. The molecule has 0 aliphatic carbocycles. The van der Waals surface area contributed by atoms with Gasteiger partial charge in [-0.1, -0.05) is 6.07 Å². The Bertz CT molecular complexity index is 652. The summed E-state index contributed by atoms with van der Waals surface area (Å²) in [5.74, 6) is 0. The average molecular weight is 297 g/mol. The third-order valence-electron chi connectivity index (χ3n) is 2.78. The molecule has 0 atom stereocenters. The molecule has 0 amide bonds. The Morgan fingerprint density at radius 1 is 1.42 bits per heavy atom. The van der Waals surface area contributed by atoms with Crippen LogP contribution in [0, 0.1) is 6.92 Å². The van der Waals surface area contributed by atoms with Gasteiger partial charge in [0.15, 0.2) is 0 Å². The Morgan fingerprint density at radius 3 is 2.84 bits per heavy atom. The summed E-state index contributed by atoms with van der Waals surface area (Å²) in [4.78, 5) is 4.26. The topological polar surface area (TPSA) is 85.1 Å². The predicted octanol–water partition coefficient (Wildman–Crippen LogP) is 1.39. The van der Waals surface area contributed by atoms with Gasteiger partial charge in [0.25, 0.3) is 0 Å². The molecule has 19 heavy (non-hydrogen) atoms. The molecule has 1 heterocycles. The second-order valence-electron chi connectivity index (χ2n) is 4.10. The van der Waals surface area contributed by atoms with E-state index in [2.05, 4.69) is 9.71 Å². The van der Waals surface area contributed by atoms with E-state index in [1.807, 2.05) is 12.3 Å². The molecule has 0 saturated heterocycles. The molecule has 0 aliphatic rings. The average Bonchev–Trinajstić information content (AvgIpc) is 2.90. The highest BCUT2D eigenvalue weighted by molar-refractivity contribution is 7.89. The lowest BCUT2D eigenvalue weighted by Gasteiger charge is -2.09. The van der Waals surface area contributed by atoms with Gasteiger partial charge >= 0.3 is 0 Å². The van der Waals surface area contributed by atoms with Gasteiger partial charge < -0.3 is 5.73 Å². The number of rotatable bonds is 5. The Kier molecular flexibility index (Phi) is 4.31. The molecule has 0 unspecified atom stereocenters. The molecule has 3 N–H and O–H groups in total. The monoisotopic (exact) mass is 297 g/mol. The van der Waals surface area contributed by atoms with Crippen LogP contribution in [0.2, 0.25) is 0 Å². The Labute approximate surface area is 116 Å². The molecule has 1 aromatic heterocycles. The van der Waals surface area contributed by atoms with Gasteiger partial charge in [-0.3, -0.25) is 0 Å². The van der Waals surface area contributed by atoms with E-state index >= 15 is 0 Å². The fourth-order valence-corrected chi connectivity index (χ4v) is 3.22. The van der Waals surface area contributed by atoms with E-state index in [1.54, 1.807) is 23.7 Å². The van der Waals surface area contributed by atoms with Gasteiger partial charge in [0.2, 0.25) is 10.0 Å². The number of nitrogens with zero attached hydrogens (tertiary/aromatic N) is 1. The molecule has 102 valence electrons. The van der Waals surface area contributed by atoms with Crippen molar-refractivity contribution in [3.05, 3.63) is 45.9 Å². The van der Waals surface area contributed by atoms with Crippen LogP contribution in [0.3, 0.4) is 0 Å². The van der Waals surface area contributed by atoms with Crippen LogP contribution < -0.4 is 10.5 Å². The van der Waals surface area contributed by atoms with Gasteiger partial charge in [-0.2, -0.15) is 0 Å². The summed E-state index contributed by atoms with van der Waals surface area (Å²) in [6, 6.07) is 4.95. The van der Waals surface area contributed by atoms with Gasteiger partial charge in [0, 0.05) is 11.9 Å². The standard InChI is InChI=1S/C12H15N3O2S2/c1-9-2-3-12(4-10(9)5-13)19(16,17)15-6-11-7-18-8-14-11/h2-4,7-8,15H,5-6,13H2,1H3. The van der Waals surface area contributed by atoms with Crippen LogP contribution in [0.1, 0.15) is 16.8 Å². The van der Waals surface area contributed by atoms with Crippen molar-refractivity contribution in [2.45, 2.75) is 24.9 Å². The first-order valence-corrected chi connectivity index (χ1v) is 8.12. The van der Waals surface area contributed by atoms with Gasteiger partial charge in [0.1, 0.15) is 0 Å². The zero-order chi connectivity index (χ0) is 13.9. The first-order chi connectivity index (χ1) is 9.03. The van der Waals surface area contributed by atoms with E-state index in [4.69, 9.17) is 5.73 Å².